The molecule has 0 aliphatic carbocycles. The maximum absolute atomic E-state index is 11.9. The number of H-pyrrole nitrogens is 1. The number of anilines is 1. The summed E-state index contributed by atoms with van der Waals surface area (Å²) in [6.45, 7) is 0. The fourth-order valence-corrected chi connectivity index (χ4v) is 2.53. The number of nitrogens with one attached hydrogen (secondary N) is 2. The van der Waals surface area contributed by atoms with E-state index in [9.17, 15) is 4.79 Å². The first-order chi connectivity index (χ1) is 11.2. The second kappa shape index (κ2) is 7.26. The SMILES string of the molecule is O=C(CSc1nnc(-c2ccc(Cl)nc2)[nH]1)Nc1ccccc1. The van der Waals surface area contributed by atoms with Gasteiger partial charge < -0.3 is 10.3 Å². The first kappa shape index (κ1) is 15.5. The number of aromatic amines is 1. The molecule has 0 aliphatic rings. The molecule has 0 atom stereocenters. The number of rotatable bonds is 5. The van der Waals surface area contributed by atoms with Crippen LogP contribution >= 0.6 is 23.4 Å². The summed E-state index contributed by atoms with van der Waals surface area (Å²) in [7, 11) is 0. The highest BCUT2D eigenvalue weighted by Gasteiger charge is 2.09. The lowest BCUT2D eigenvalue weighted by molar-refractivity contribution is -0.113. The van der Waals surface area contributed by atoms with Crippen LogP contribution in [0.4, 0.5) is 5.69 Å². The Balaban J connectivity index is 1.57. The van der Waals surface area contributed by atoms with Crippen LogP contribution in [0, 0.1) is 0 Å². The lowest BCUT2D eigenvalue weighted by Crippen LogP contribution is -2.13. The van der Waals surface area contributed by atoms with Gasteiger partial charge in [-0.05, 0) is 24.3 Å². The Morgan fingerprint density at radius 3 is 2.74 bits per heavy atom. The summed E-state index contributed by atoms with van der Waals surface area (Å²) in [4.78, 5) is 18.9. The molecule has 0 spiro atoms. The van der Waals surface area contributed by atoms with Crippen molar-refractivity contribution in [1.82, 2.24) is 20.2 Å². The highest BCUT2D eigenvalue weighted by molar-refractivity contribution is 7.99. The Labute approximate surface area is 141 Å². The lowest BCUT2D eigenvalue weighted by Gasteiger charge is -2.03. The fourth-order valence-electron chi connectivity index (χ4n) is 1.81. The minimum absolute atomic E-state index is 0.104. The molecule has 2 aromatic heterocycles. The summed E-state index contributed by atoms with van der Waals surface area (Å²) in [6.07, 6.45) is 1.61. The zero-order chi connectivity index (χ0) is 16.1. The molecule has 6 nitrogen and oxygen atoms in total. The van der Waals surface area contributed by atoms with E-state index in [0.717, 1.165) is 11.3 Å². The summed E-state index contributed by atoms with van der Waals surface area (Å²) >= 11 is 7.03. The van der Waals surface area contributed by atoms with Crippen molar-refractivity contribution in [3.8, 4) is 11.4 Å². The van der Waals surface area contributed by atoms with Crippen molar-refractivity contribution < 1.29 is 4.79 Å². The van der Waals surface area contributed by atoms with E-state index >= 15 is 0 Å². The molecular weight excluding hydrogens is 334 g/mol. The molecule has 23 heavy (non-hydrogen) atoms. The first-order valence-corrected chi connectivity index (χ1v) is 8.09. The number of halogens is 1. The normalized spacial score (nSPS) is 10.5. The van der Waals surface area contributed by atoms with Gasteiger partial charge in [-0.25, -0.2) is 4.98 Å². The van der Waals surface area contributed by atoms with Gasteiger partial charge in [0.15, 0.2) is 11.0 Å². The van der Waals surface area contributed by atoms with Gasteiger partial charge in [0, 0.05) is 17.4 Å². The molecule has 0 bridgehead atoms. The van der Waals surface area contributed by atoms with Crippen LogP contribution in [0.5, 0.6) is 0 Å². The van der Waals surface area contributed by atoms with Crippen LogP contribution in [0.3, 0.4) is 0 Å². The largest absolute Gasteiger partial charge is 0.325 e. The Bertz CT molecular complexity index is 791. The van der Waals surface area contributed by atoms with Gasteiger partial charge >= 0.3 is 0 Å². The van der Waals surface area contributed by atoms with Crippen molar-refractivity contribution in [2.45, 2.75) is 5.16 Å². The monoisotopic (exact) mass is 345 g/mol. The van der Waals surface area contributed by atoms with E-state index in [0.29, 0.717) is 16.1 Å². The molecule has 3 rings (SSSR count). The molecule has 0 saturated carbocycles. The Morgan fingerprint density at radius 1 is 1.17 bits per heavy atom. The van der Waals surface area contributed by atoms with Crippen LogP contribution in [-0.4, -0.2) is 31.8 Å². The topological polar surface area (TPSA) is 83.6 Å². The smallest absolute Gasteiger partial charge is 0.234 e. The van der Waals surface area contributed by atoms with Crippen molar-refractivity contribution >= 4 is 35.0 Å². The van der Waals surface area contributed by atoms with E-state index in [-0.39, 0.29) is 11.7 Å². The zero-order valence-corrected chi connectivity index (χ0v) is 13.4. The Hall–Kier alpha value is -2.38. The summed E-state index contributed by atoms with van der Waals surface area (Å²) < 4.78 is 0. The Kier molecular flexibility index (Phi) is 4.89. The molecule has 0 saturated heterocycles. The van der Waals surface area contributed by atoms with Gasteiger partial charge in [0.1, 0.15) is 5.15 Å². The highest BCUT2D eigenvalue weighted by Crippen LogP contribution is 2.19. The number of carbonyl (C=O) groups is 1. The number of aromatic nitrogens is 4. The number of hydrogen-bond donors (Lipinski definition) is 2. The number of hydrogen-bond acceptors (Lipinski definition) is 5. The van der Waals surface area contributed by atoms with Gasteiger partial charge in [-0.3, -0.25) is 4.79 Å². The van der Waals surface area contributed by atoms with Gasteiger partial charge in [0.25, 0.3) is 0 Å². The van der Waals surface area contributed by atoms with E-state index in [1.54, 1.807) is 18.3 Å². The number of para-hydroxylation sites is 1. The second-order valence-corrected chi connectivity index (χ2v) is 5.90. The minimum Gasteiger partial charge on any atom is -0.325 e. The van der Waals surface area contributed by atoms with Crippen LogP contribution < -0.4 is 5.32 Å². The summed E-state index contributed by atoms with van der Waals surface area (Å²) in [5.41, 5.74) is 1.55. The predicted octanol–water partition coefficient (Wildman–Crippen LogP) is 3.25. The molecule has 1 aromatic carbocycles. The zero-order valence-electron chi connectivity index (χ0n) is 11.9. The lowest BCUT2D eigenvalue weighted by atomic mass is 10.3. The standard InChI is InChI=1S/C15H12ClN5OS/c16-12-7-6-10(8-17-12)14-19-15(21-20-14)23-9-13(22)18-11-4-2-1-3-5-11/h1-8H,9H2,(H,18,22)(H,19,20,21). The van der Waals surface area contributed by atoms with E-state index in [1.165, 1.54) is 11.8 Å². The third-order valence-corrected chi connectivity index (χ3v) is 3.95. The summed E-state index contributed by atoms with van der Waals surface area (Å²) in [5, 5.41) is 11.8. The average molecular weight is 346 g/mol. The Morgan fingerprint density at radius 2 is 2.00 bits per heavy atom. The van der Waals surface area contributed by atoms with Crippen molar-refractivity contribution in [1.29, 1.82) is 0 Å². The van der Waals surface area contributed by atoms with Crippen LogP contribution in [0.15, 0.2) is 53.8 Å². The molecule has 0 fully saturated rings. The van der Waals surface area contributed by atoms with E-state index in [4.69, 9.17) is 11.6 Å². The van der Waals surface area contributed by atoms with E-state index in [2.05, 4.69) is 25.5 Å². The molecule has 0 unspecified atom stereocenters. The van der Waals surface area contributed by atoms with Gasteiger partial charge in [0.2, 0.25) is 5.91 Å². The number of amides is 1. The maximum Gasteiger partial charge on any atom is 0.234 e. The molecule has 0 aliphatic heterocycles. The van der Waals surface area contributed by atoms with Crippen molar-refractivity contribution in [2.75, 3.05) is 11.1 Å². The summed E-state index contributed by atoms with van der Waals surface area (Å²) in [6, 6.07) is 12.8. The molecule has 2 N–H and O–H groups in total. The number of nitrogens with zero attached hydrogens (tertiary/aromatic N) is 3. The van der Waals surface area contributed by atoms with E-state index < -0.39 is 0 Å². The fraction of sp³-hybridized carbons (Fsp3) is 0.0667. The molecule has 1 amide bonds. The van der Waals surface area contributed by atoms with Crippen LogP contribution in [-0.2, 0) is 4.79 Å². The summed E-state index contributed by atoms with van der Waals surface area (Å²) in [5.74, 6) is 0.718. The molecular formula is C15H12ClN5OS. The first-order valence-electron chi connectivity index (χ1n) is 6.73. The van der Waals surface area contributed by atoms with Crippen LogP contribution in [0.25, 0.3) is 11.4 Å². The van der Waals surface area contributed by atoms with Gasteiger partial charge in [0.05, 0.1) is 5.75 Å². The molecule has 0 radical (unpaired) electrons. The number of pyridine rings is 1. The van der Waals surface area contributed by atoms with E-state index in [1.807, 2.05) is 30.3 Å². The molecule has 3 aromatic rings. The number of carbonyl (C=O) groups excluding carboxylic acids is 1. The predicted molar refractivity (Wildman–Crippen MR) is 90.4 cm³/mol. The number of benzene rings is 1. The third-order valence-electron chi connectivity index (χ3n) is 2.86. The van der Waals surface area contributed by atoms with Crippen molar-refractivity contribution in [2.24, 2.45) is 0 Å². The van der Waals surface area contributed by atoms with Crippen molar-refractivity contribution in [3.63, 3.8) is 0 Å². The van der Waals surface area contributed by atoms with Crippen molar-refractivity contribution in [3.05, 3.63) is 53.8 Å². The van der Waals surface area contributed by atoms with Crippen LogP contribution in [0.1, 0.15) is 0 Å². The molecule has 116 valence electrons. The highest BCUT2D eigenvalue weighted by atomic mass is 35.5. The molecule has 2 heterocycles. The van der Waals surface area contributed by atoms with Gasteiger partial charge in [-0.15, -0.1) is 10.2 Å². The van der Waals surface area contributed by atoms with Crippen LogP contribution in [0.2, 0.25) is 5.15 Å². The average Bonchev–Trinajstić information content (AvgIpc) is 3.04. The minimum atomic E-state index is -0.104. The molecule has 8 heteroatoms. The number of thioether (sulfide) groups is 1. The quantitative estimate of drug-likeness (QED) is 0.547. The van der Waals surface area contributed by atoms with Gasteiger partial charge in [-0.1, -0.05) is 41.6 Å². The third kappa shape index (κ3) is 4.30. The second-order valence-electron chi connectivity index (χ2n) is 4.55. The maximum atomic E-state index is 11.9. The van der Waals surface area contributed by atoms with Gasteiger partial charge in [-0.2, -0.15) is 0 Å².